The average molecular weight is 757 g/mol. The van der Waals surface area contributed by atoms with Crippen molar-refractivity contribution in [3.8, 4) is 17.3 Å². The zero-order valence-electron chi connectivity index (χ0n) is 24.8. The van der Waals surface area contributed by atoms with Crippen LogP contribution in [0.4, 0.5) is 17.1 Å². The number of guanidine groups is 1. The first-order chi connectivity index (χ1) is 21.0. The van der Waals surface area contributed by atoms with Gasteiger partial charge in [0.1, 0.15) is 5.82 Å². The van der Waals surface area contributed by atoms with Crippen molar-refractivity contribution in [2.45, 2.75) is 32.6 Å². The van der Waals surface area contributed by atoms with E-state index in [1.54, 1.807) is 0 Å². The Kier molecular flexibility index (Phi) is 7.05. The van der Waals surface area contributed by atoms with E-state index in [2.05, 4.69) is 120 Å². The quantitative estimate of drug-likeness (QED) is 0.169. The zero-order valence-corrected chi connectivity index (χ0v) is 27.1. The fraction of sp³-hybridized carbons (Fsp3) is 0.189. The molecule has 44 heavy (non-hydrogen) atoms. The number of hydrogen-bond donors (Lipinski definition) is 0. The molecule has 8 rings (SSSR count). The number of para-hydroxylation sites is 3. The summed E-state index contributed by atoms with van der Waals surface area (Å²) in [6, 6.07) is 38.3. The summed E-state index contributed by atoms with van der Waals surface area (Å²) < 4.78 is 8.63. The van der Waals surface area contributed by atoms with Crippen LogP contribution >= 0.6 is 0 Å². The van der Waals surface area contributed by atoms with Crippen LogP contribution in [-0.2, 0) is 26.5 Å². The predicted molar refractivity (Wildman–Crippen MR) is 174 cm³/mol. The second-order valence-corrected chi connectivity index (χ2v) is 12.1. The summed E-state index contributed by atoms with van der Waals surface area (Å²) >= 11 is 0. The Morgan fingerprint density at radius 1 is 0.795 bits per heavy atom. The number of benzene rings is 4. The summed E-state index contributed by atoms with van der Waals surface area (Å²) in [5, 5.41) is 2.26. The first-order valence-electron chi connectivity index (χ1n) is 14.8. The van der Waals surface area contributed by atoms with Gasteiger partial charge in [0, 0.05) is 36.3 Å². The smallest absolute Gasteiger partial charge is 0.509 e. The molecule has 0 radical (unpaired) electrons. The molecule has 0 atom stereocenters. The Hall–Kier alpha value is -4.41. The SMILES string of the molecule is CC(C)(C)c1ccnc(-n2c3[c-]c(Oc4[c-]c(N5C6=NCCCN6c6ccccc65)ccc4)ccc3c3ccccc32)c1.[Pt+2]. The van der Waals surface area contributed by atoms with E-state index in [-0.39, 0.29) is 26.5 Å². The molecule has 2 aliphatic heterocycles. The van der Waals surface area contributed by atoms with Crippen molar-refractivity contribution >= 4 is 44.8 Å². The molecule has 0 spiro atoms. The maximum absolute atomic E-state index is 6.45. The average Bonchev–Trinajstić information content (AvgIpc) is 3.53. The Morgan fingerprint density at radius 3 is 2.45 bits per heavy atom. The largest absolute Gasteiger partial charge is 2.00 e. The van der Waals surface area contributed by atoms with E-state index in [0.717, 1.165) is 64.5 Å². The molecule has 4 heterocycles. The van der Waals surface area contributed by atoms with E-state index in [0.29, 0.717) is 11.5 Å². The Labute approximate surface area is 271 Å². The van der Waals surface area contributed by atoms with Gasteiger partial charge in [-0.2, -0.15) is 12.1 Å². The van der Waals surface area contributed by atoms with Crippen LogP contribution in [0.2, 0.25) is 0 Å². The molecule has 0 amide bonds. The van der Waals surface area contributed by atoms with Gasteiger partial charge in [-0.25, -0.2) is 4.98 Å². The summed E-state index contributed by atoms with van der Waals surface area (Å²) in [6.07, 6.45) is 2.94. The molecule has 0 saturated heterocycles. The van der Waals surface area contributed by atoms with E-state index < -0.39 is 0 Å². The Bertz CT molecular complexity index is 2060. The predicted octanol–water partition coefficient (Wildman–Crippen LogP) is 8.58. The molecule has 7 heteroatoms. The van der Waals surface area contributed by atoms with E-state index in [1.807, 2.05) is 24.4 Å². The van der Waals surface area contributed by atoms with Crippen LogP contribution in [0.1, 0.15) is 32.8 Å². The van der Waals surface area contributed by atoms with Crippen LogP contribution in [0.25, 0.3) is 27.6 Å². The van der Waals surface area contributed by atoms with Crippen LogP contribution < -0.4 is 14.5 Å². The molecule has 220 valence electrons. The van der Waals surface area contributed by atoms with Gasteiger partial charge in [0.25, 0.3) is 0 Å². The summed E-state index contributed by atoms with van der Waals surface area (Å²) in [6.45, 7) is 8.45. The maximum atomic E-state index is 6.45. The summed E-state index contributed by atoms with van der Waals surface area (Å²) in [5.41, 5.74) is 6.43. The summed E-state index contributed by atoms with van der Waals surface area (Å²) in [7, 11) is 0. The van der Waals surface area contributed by atoms with Crippen LogP contribution in [0.5, 0.6) is 11.5 Å². The molecule has 2 aliphatic rings. The van der Waals surface area contributed by atoms with E-state index in [1.165, 1.54) is 11.3 Å². The molecule has 0 bridgehead atoms. The minimum Gasteiger partial charge on any atom is -0.509 e. The molecule has 6 aromatic rings. The van der Waals surface area contributed by atoms with E-state index in [4.69, 9.17) is 14.7 Å². The van der Waals surface area contributed by atoms with Crippen molar-refractivity contribution in [3.05, 3.63) is 115 Å². The third-order valence-corrected chi connectivity index (χ3v) is 8.26. The van der Waals surface area contributed by atoms with Gasteiger partial charge in [0.05, 0.1) is 11.4 Å². The number of hydrogen-bond acceptors (Lipinski definition) is 5. The molecule has 0 fully saturated rings. The second-order valence-electron chi connectivity index (χ2n) is 12.1. The van der Waals surface area contributed by atoms with Gasteiger partial charge in [-0.3, -0.25) is 4.99 Å². The molecular formula is C37H31N5OPt. The molecule has 2 aromatic heterocycles. The molecule has 6 nitrogen and oxygen atoms in total. The fourth-order valence-corrected chi connectivity index (χ4v) is 6.16. The van der Waals surface area contributed by atoms with Gasteiger partial charge in [0.2, 0.25) is 5.96 Å². The molecular weight excluding hydrogens is 726 g/mol. The first kappa shape index (κ1) is 28.4. The van der Waals surface area contributed by atoms with Crippen LogP contribution in [0.3, 0.4) is 0 Å². The number of aliphatic imine (C=N–C) groups is 1. The minimum absolute atomic E-state index is 0. The van der Waals surface area contributed by atoms with Gasteiger partial charge in [-0.15, -0.1) is 35.7 Å². The molecule has 0 aliphatic carbocycles. The molecule has 4 aromatic carbocycles. The normalized spacial score (nSPS) is 14.3. The number of pyridine rings is 1. The Balaban J connectivity index is 0.00000312. The van der Waals surface area contributed by atoms with Gasteiger partial charge in [-0.05, 0) is 53.1 Å². The third kappa shape index (κ3) is 4.69. The van der Waals surface area contributed by atoms with Crippen molar-refractivity contribution in [3.63, 3.8) is 0 Å². The minimum atomic E-state index is 0. The van der Waals surface area contributed by atoms with Gasteiger partial charge in [-0.1, -0.05) is 62.3 Å². The van der Waals surface area contributed by atoms with Crippen LogP contribution in [0.15, 0.2) is 102 Å². The standard InChI is InChI=1S/C37H31N5O.Pt/c1-37(2,3)25-18-20-38-35(22-25)42-31-13-5-4-12-29(31)30-17-16-28(24-34(30)42)43-27-11-8-10-26(23-27)41-33-15-7-6-14-32(33)40-21-9-19-39-36(40)41;/h4-8,10-18,20,22H,9,19,21H2,1-3H3;/q-2;+2. The fourth-order valence-electron chi connectivity index (χ4n) is 6.16. The zero-order chi connectivity index (χ0) is 29.1. The van der Waals surface area contributed by atoms with Crippen molar-refractivity contribution in [2.24, 2.45) is 4.99 Å². The number of anilines is 3. The number of aromatic nitrogens is 2. The van der Waals surface area contributed by atoms with Gasteiger partial charge < -0.3 is 19.1 Å². The van der Waals surface area contributed by atoms with Crippen molar-refractivity contribution in [1.29, 1.82) is 0 Å². The molecule has 0 N–H and O–H groups in total. The monoisotopic (exact) mass is 756 g/mol. The number of ether oxygens (including phenoxy) is 1. The first-order valence-corrected chi connectivity index (χ1v) is 14.8. The van der Waals surface area contributed by atoms with Crippen LogP contribution in [-0.4, -0.2) is 28.6 Å². The Morgan fingerprint density at radius 2 is 1.59 bits per heavy atom. The molecule has 0 saturated carbocycles. The topological polar surface area (TPSA) is 45.9 Å². The van der Waals surface area contributed by atoms with Gasteiger partial charge in [0.15, 0.2) is 0 Å². The van der Waals surface area contributed by atoms with E-state index in [9.17, 15) is 0 Å². The van der Waals surface area contributed by atoms with Crippen molar-refractivity contribution in [2.75, 3.05) is 22.9 Å². The number of rotatable bonds is 4. The van der Waals surface area contributed by atoms with Crippen molar-refractivity contribution in [1.82, 2.24) is 9.55 Å². The number of nitrogens with zero attached hydrogens (tertiary/aromatic N) is 5. The number of fused-ring (bicyclic) bond motifs is 6. The van der Waals surface area contributed by atoms with E-state index >= 15 is 0 Å². The van der Waals surface area contributed by atoms with Gasteiger partial charge >= 0.3 is 21.1 Å². The maximum Gasteiger partial charge on any atom is 2.00 e. The third-order valence-electron chi connectivity index (χ3n) is 8.26. The molecule has 0 unspecified atom stereocenters. The summed E-state index contributed by atoms with van der Waals surface area (Å²) in [5.74, 6) is 3.06. The summed E-state index contributed by atoms with van der Waals surface area (Å²) in [4.78, 5) is 14.2. The van der Waals surface area contributed by atoms with Crippen molar-refractivity contribution < 1.29 is 25.8 Å². The second kappa shape index (κ2) is 10.9. The van der Waals surface area contributed by atoms with Crippen LogP contribution in [0, 0.1) is 12.1 Å².